The van der Waals surface area contributed by atoms with E-state index in [9.17, 15) is 22.4 Å². The first kappa shape index (κ1) is 31.2. The molecule has 3 aromatic carbocycles. The molecule has 1 atom stereocenters. The number of hydrogen-bond donors (Lipinski definition) is 1. The predicted molar refractivity (Wildman–Crippen MR) is 164 cm³/mol. The average molecular weight is 594 g/mol. The van der Waals surface area contributed by atoms with Crippen LogP contribution < -0.4 is 9.62 Å². The zero-order valence-corrected chi connectivity index (χ0v) is 25.4. The maximum Gasteiger partial charge on any atom is 0.244 e. The van der Waals surface area contributed by atoms with Gasteiger partial charge in [0.05, 0.1) is 11.9 Å². The number of carbonyl (C=O) groups excluding carboxylic acids is 2. The monoisotopic (exact) mass is 593 g/mol. The van der Waals surface area contributed by atoms with Gasteiger partial charge >= 0.3 is 0 Å². The number of halogens is 1. The first-order valence-corrected chi connectivity index (χ1v) is 16.3. The van der Waals surface area contributed by atoms with Gasteiger partial charge in [0.15, 0.2) is 0 Å². The summed E-state index contributed by atoms with van der Waals surface area (Å²) in [5.74, 6) is -1.21. The fourth-order valence-corrected chi connectivity index (χ4v) is 6.39. The van der Waals surface area contributed by atoms with Gasteiger partial charge in [-0.2, -0.15) is 0 Å². The molecule has 0 saturated heterocycles. The molecule has 0 spiro atoms. The molecule has 1 N–H and O–H groups in total. The molecule has 1 aliphatic carbocycles. The van der Waals surface area contributed by atoms with Gasteiger partial charge in [-0.25, -0.2) is 12.8 Å². The molecule has 0 aromatic heterocycles. The number of rotatable bonds is 11. The van der Waals surface area contributed by atoms with Gasteiger partial charge in [0, 0.05) is 19.0 Å². The van der Waals surface area contributed by atoms with Gasteiger partial charge in [-0.15, -0.1) is 0 Å². The van der Waals surface area contributed by atoms with Crippen LogP contribution in [-0.4, -0.2) is 50.0 Å². The molecule has 9 heteroatoms. The Morgan fingerprint density at radius 2 is 1.57 bits per heavy atom. The van der Waals surface area contributed by atoms with Crippen LogP contribution in [-0.2, 0) is 32.6 Å². The molecule has 4 rings (SSSR count). The molecule has 0 radical (unpaired) electrons. The fourth-order valence-electron chi connectivity index (χ4n) is 5.49. The minimum Gasteiger partial charge on any atom is -0.352 e. The molecule has 0 aliphatic heterocycles. The predicted octanol–water partition coefficient (Wildman–Crippen LogP) is 5.30. The maximum absolute atomic E-state index is 14.2. The summed E-state index contributed by atoms with van der Waals surface area (Å²) in [5, 5.41) is 3.18. The lowest BCUT2D eigenvalue weighted by atomic mass is 9.94. The van der Waals surface area contributed by atoms with Crippen molar-refractivity contribution in [3.8, 4) is 0 Å². The third kappa shape index (κ3) is 8.18. The number of nitrogens with zero attached hydrogens (tertiary/aromatic N) is 2. The first-order valence-electron chi connectivity index (χ1n) is 14.4. The summed E-state index contributed by atoms with van der Waals surface area (Å²) >= 11 is 0. The van der Waals surface area contributed by atoms with Crippen molar-refractivity contribution in [2.45, 2.75) is 71.0 Å². The lowest BCUT2D eigenvalue weighted by Gasteiger charge is -2.35. The van der Waals surface area contributed by atoms with Crippen LogP contribution in [0.1, 0.15) is 54.4 Å². The highest BCUT2D eigenvalue weighted by Gasteiger charge is 2.34. The van der Waals surface area contributed by atoms with E-state index in [4.69, 9.17) is 0 Å². The molecule has 2 amide bonds. The standard InChI is InChI=1S/C33H40FN3O4S/c1-24-11-10-16-30(25(24)2)37(42(3,40)41)23-32(38)36(22-27-17-19-28(34)20-18-27)31(21-26-12-6-4-7-13-26)33(39)35-29-14-8-5-9-15-29/h4,6-7,10-13,16-20,29,31H,5,8-9,14-15,21-23H2,1-3H3,(H,35,39). The number of benzene rings is 3. The summed E-state index contributed by atoms with van der Waals surface area (Å²) in [7, 11) is -3.86. The number of amides is 2. The second-order valence-corrected chi connectivity index (χ2v) is 13.1. The Labute approximate surface area is 248 Å². The van der Waals surface area contributed by atoms with Gasteiger partial charge in [-0.3, -0.25) is 13.9 Å². The minimum atomic E-state index is -3.86. The largest absolute Gasteiger partial charge is 0.352 e. The molecule has 1 unspecified atom stereocenters. The highest BCUT2D eigenvalue weighted by Crippen LogP contribution is 2.26. The SMILES string of the molecule is Cc1cccc(N(CC(=O)N(Cc2ccc(F)cc2)C(Cc2ccccc2)C(=O)NC2CCCCC2)S(C)(=O)=O)c1C. The highest BCUT2D eigenvalue weighted by molar-refractivity contribution is 7.92. The van der Waals surface area contributed by atoms with Gasteiger partial charge in [0.1, 0.15) is 18.4 Å². The zero-order chi connectivity index (χ0) is 30.3. The number of carbonyl (C=O) groups is 2. The van der Waals surface area contributed by atoms with Crippen LogP contribution in [0.15, 0.2) is 72.8 Å². The summed E-state index contributed by atoms with van der Waals surface area (Å²) in [6.45, 7) is 3.23. The van der Waals surface area contributed by atoms with E-state index in [0.717, 1.165) is 59.4 Å². The quantitative estimate of drug-likeness (QED) is 0.327. The van der Waals surface area contributed by atoms with Crippen LogP contribution in [0.4, 0.5) is 10.1 Å². The van der Waals surface area contributed by atoms with Gasteiger partial charge < -0.3 is 10.2 Å². The van der Waals surface area contributed by atoms with Crippen molar-refractivity contribution in [2.24, 2.45) is 0 Å². The molecule has 3 aromatic rings. The second-order valence-electron chi connectivity index (χ2n) is 11.2. The normalized spacial score (nSPS) is 14.7. The van der Waals surface area contributed by atoms with Crippen LogP contribution in [0.25, 0.3) is 0 Å². The minimum absolute atomic E-state index is 0.0130. The van der Waals surface area contributed by atoms with Crippen molar-refractivity contribution in [2.75, 3.05) is 17.1 Å². The Balaban J connectivity index is 1.73. The van der Waals surface area contributed by atoms with Crippen LogP contribution in [0.3, 0.4) is 0 Å². The van der Waals surface area contributed by atoms with E-state index in [1.165, 1.54) is 17.0 Å². The van der Waals surface area contributed by atoms with Crippen molar-refractivity contribution in [1.82, 2.24) is 10.2 Å². The molecular weight excluding hydrogens is 553 g/mol. The molecule has 1 aliphatic rings. The topological polar surface area (TPSA) is 86.8 Å². The Morgan fingerprint density at radius 3 is 2.21 bits per heavy atom. The van der Waals surface area contributed by atoms with Gasteiger partial charge in [0.25, 0.3) is 0 Å². The number of sulfonamides is 1. The molecule has 1 fully saturated rings. The van der Waals surface area contributed by atoms with E-state index >= 15 is 0 Å². The van der Waals surface area contributed by atoms with Crippen molar-refractivity contribution < 1.29 is 22.4 Å². The van der Waals surface area contributed by atoms with Crippen molar-refractivity contribution in [3.05, 3.63) is 101 Å². The van der Waals surface area contributed by atoms with Gasteiger partial charge in [-0.1, -0.05) is 73.9 Å². The average Bonchev–Trinajstić information content (AvgIpc) is 2.96. The van der Waals surface area contributed by atoms with Crippen LogP contribution in [0, 0.1) is 19.7 Å². The molecule has 224 valence electrons. The smallest absolute Gasteiger partial charge is 0.244 e. The molecule has 7 nitrogen and oxygen atoms in total. The van der Waals surface area contributed by atoms with E-state index in [0.29, 0.717) is 11.3 Å². The van der Waals surface area contributed by atoms with Crippen molar-refractivity contribution >= 4 is 27.5 Å². The zero-order valence-electron chi connectivity index (χ0n) is 24.6. The van der Waals surface area contributed by atoms with E-state index in [-0.39, 0.29) is 24.9 Å². The summed E-state index contributed by atoms with van der Waals surface area (Å²) in [5.41, 5.74) is 3.56. The number of hydrogen-bond acceptors (Lipinski definition) is 4. The molecule has 0 heterocycles. The van der Waals surface area contributed by atoms with Crippen LogP contribution in [0.2, 0.25) is 0 Å². The third-order valence-corrected chi connectivity index (χ3v) is 9.14. The second kappa shape index (κ2) is 14.0. The molecule has 42 heavy (non-hydrogen) atoms. The van der Waals surface area contributed by atoms with Crippen LogP contribution in [0.5, 0.6) is 0 Å². The molecule has 0 bridgehead atoms. The number of anilines is 1. The van der Waals surface area contributed by atoms with E-state index < -0.39 is 34.3 Å². The molecular formula is C33H40FN3O4S. The fraction of sp³-hybridized carbons (Fsp3) is 0.394. The van der Waals surface area contributed by atoms with Crippen molar-refractivity contribution in [3.63, 3.8) is 0 Å². The van der Waals surface area contributed by atoms with Crippen LogP contribution >= 0.6 is 0 Å². The van der Waals surface area contributed by atoms with Crippen molar-refractivity contribution in [1.29, 1.82) is 0 Å². The Morgan fingerprint density at radius 1 is 0.905 bits per heavy atom. The lowest BCUT2D eigenvalue weighted by Crippen LogP contribution is -2.55. The van der Waals surface area contributed by atoms with E-state index in [1.54, 1.807) is 24.3 Å². The summed E-state index contributed by atoms with van der Waals surface area (Å²) in [6.07, 6.45) is 6.28. The third-order valence-electron chi connectivity index (χ3n) is 8.01. The van der Waals surface area contributed by atoms with Gasteiger partial charge in [-0.05, 0) is 67.1 Å². The first-order chi connectivity index (χ1) is 20.0. The summed E-state index contributed by atoms with van der Waals surface area (Å²) in [6, 6.07) is 19.7. The molecule has 1 saturated carbocycles. The number of aryl methyl sites for hydroxylation is 1. The Bertz CT molecular complexity index is 1470. The lowest BCUT2D eigenvalue weighted by molar-refractivity contribution is -0.140. The van der Waals surface area contributed by atoms with E-state index in [2.05, 4.69) is 5.32 Å². The number of nitrogens with one attached hydrogen (secondary N) is 1. The summed E-state index contributed by atoms with van der Waals surface area (Å²) < 4.78 is 40.9. The highest BCUT2D eigenvalue weighted by atomic mass is 32.2. The van der Waals surface area contributed by atoms with Gasteiger partial charge in [0.2, 0.25) is 21.8 Å². The Hall–Kier alpha value is -3.72. The van der Waals surface area contributed by atoms with E-state index in [1.807, 2.05) is 50.2 Å². The summed E-state index contributed by atoms with van der Waals surface area (Å²) in [4.78, 5) is 29.6. The Kier molecular flexibility index (Phi) is 10.4. The maximum atomic E-state index is 14.2.